The summed E-state index contributed by atoms with van der Waals surface area (Å²) >= 11 is 1.46. The largest absolute Gasteiger partial charge is 0.384 e. The van der Waals surface area contributed by atoms with Gasteiger partial charge in [-0.25, -0.2) is 9.97 Å². The first kappa shape index (κ1) is 14.1. The zero-order valence-electron chi connectivity index (χ0n) is 12.6. The molecule has 0 bridgehead atoms. The molecule has 1 aliphatic rings. The summed E-state index contributed by atoms with van der Waals surface area (Å²) in [6.45, 7) is 2.87. The quantitative estimate of drug-likeness (QED) is 0.778. The third-order valence-electron chi connectivity index (χ3n) is 4.15. The molecule has 1 fully saturated rings. The van der Waals surface area contributed by atoms with Crippen molar-refractivity contribution in [1.82, 2.24) is 24.5 Å². The van der Waals surface area contributed by atoms with Crippen molar-refractivity contribution in [3.8, 4) is 10.8 Å². The lowest BCUT2D eigenvalue weighted by Gasteiger charge is -2.21. The van der Waals surface area contributed by atoms with Gasteiger partial charge >= 0.3 is 0 Å². The summed E-state index contributed by atoms with van der Waals surface area (Å²) in [6.07, 6.45) is 3.80. The zero-order valence-corrected chi connectivity index (χ0v) is 13.5. The lowest BCUT2D eigenvalue weighted by atomic mass is 10.2. The van der Waals surface area contributed by atoms with Crippen LogP contribution in [-0.4, -0.2) is 43.0 Å². The minimum absolute atomic E-state index is 0.00278. The number of likely N-dealkylation sites (tertiary alicyclic amines) is 1. The number of carbonyl (C=O) groups excluding carboxylic acids is 1. The topological polar surface area (TPSA) is 89.4 Å². The fourth-order valence-corrected chi connectivity index (χ4v) is 3.52. The normalized spacial score (nSPS) is 18.0. The van der Waals surface area contributed by atoms with Crippen LogP contribution in [0.25, 0.3) is 16.5 Å². The second-order valence-corrected chi connectivity index (χ2v) is 6.60. The number of amides is 1. The molecule has 0 radical (unpaired) electrons. The smallest absolute Gasteiger partial charge is 0.254 e. The fraction of sp³-hybridized carbons (Fsp3) is 0.333. The molecular weight excluding hydrogens is 312 g/mol. The van der Waals surface area contributed by atoms with Crippen molar-refractivity contribution in [3.63, 3.8) is 0 Å². The van der Waals surface area contributed by atoms with E-state index in [1.807, 2.05) is 10.3 Å². The van der Waals surface area contributed by atoms with Gasteiger partial charge in [0.15, 0.2) is 10.7 Å². The highest BCUT2D eigenvalue weighted by Gasteiger charge is 2.26. The van der Waals surface area contributed by atoms with Crippen molar-refractivity contribution < 1.29 is 4.79 Å². The van der Waals surface area contributed by atoms with Crippen LogP contribution in [-0.2, 0) is 0 Å². The van der Waals surface area contributed by atoms with Crippen molar-refractivity contribution in [1.29, 1.82) is 0 Å². The number of anilines is 1. The molecule has 8 heteroatoms. The second kappa shape index (κ2) is 5.31. The number of pyridine rings is 1. The van der Waals surface area contributed by atoms with E-state index in [0.717, 1.165) is 24.4 Å². The number of nitrogens with two attached hydrogens (primary N) is 1. The molecule has 1 amide bonds. The van der Waals surface area contributed by atoms with Gasteiger partial charge < -0.3 is 10.6 Å². The maximum Gasteiger partial charge on any atom is 0.254 e. The van der Waals surface area contributed by atoms with E-state index in [2.05, 4.69) is 22.0 Å². The molecule has 0 aliphatic carbocycles. The summed E-state index contributed by atoms with van der Waals surface area (Å²) in [7, 11) is 0. The van der Waals surface area contributed by atoms with Crippen molar-refractivity contribution >= 4 is 28.7 Å². The van der Waals surface area contributed by atoms with Crippen LogP contribution in [0.5, 0.6) is 0 Å². The number of nitrogen functional groups attached to an aromatic ring is 1. The predicted octanol–water partition coefficient (Wildman–Crippen LogP) is 2.06. The number of aromatic nitrogens is 4. The van der Waals surface area contributed by atoms with E-state index in [9.17, 15) is 4.79 Å². The zero-order chi connectivity index (χ0) is 16.0. The molecule has 1 atom stereocenters. The number of fused-ring (bicyclic) bond motifs is 1. The number of rotatable bonds is 2. The highest BCUT2D eigenvalue weighted by Crippen LogP contribution is 2.23. The van der Waals surface area contributed by atoms with E-state index < -0.39 is 0 Å². The Labute approximate surface area is 136 Å². The monoisotopic (exact) mass is 328 g/mol. The molecule has 4 rings (SSSR count). The molecular formula is C15H16N6OS. The lowest BCUT2D eigenvalue weighted by Crippen LogP contribution is -2.33. The van der Waals surface area contributed by atoms with Crippen LogP contribution in [0.2, 0.25) is 0 Å². The first-order valence-electron chi connectivity index (χ1n) is 7.50. The SMILES string of the molecule is CC1CCCN1C(=O)c1cc(N)n2nc(-c3nccs3)nc2c1. The molecule has 1 saturated heterocycles. The standard InChI is InChI=1S/C15H16N6OS/c1-9-3-2-5-20(9)15(22)10-7-11(16)21-12(8-10)18-13(19-21)14-17-4-6-23-14/h4,6-9H,2-3,5,16H2,1H3. The number of thiazole rings is 1. The van der Waals surface area contributed by atoms with Crippen molar-refractivity contribution in [2.45, 2.75) is 25.8 Å². The van der Waals surface area contributed by atoms with Gasteiger partial charge in [-0.05, 0) is 31.9 Å². The Kier molecular flexibility index (Phi) is 3.26. The Balaban J connectivity index is 1.76. The van der Waals surface area contributed by atoms with E-state index in [1.165, 1.54) is 11.3 Å². The van der Waals surface area contributed by atoms with Crippen LogP contribution in [0, 0.1) is 0 Å². The van der Waals surface area contributed by atoms with Crippen molar-refractivity contribution in [2.75, 3.05) is 12.3 Å². The average Bonchev–Trinajstić information content (AvgIpc) is 3.25. The maximum absolute atomic E-state index is 12.7. The molecule has 23 heavy (non-hydrogen) atoms. The summed E-state index contributed by atoms with van der Waals surface area (Å²) in [4.78, 5) is 23.2. The van der Waals surface area contributed by atoms with Crippen molar-refractivity contribution in [2.24, 2.45) is 0 Å². The molecule has 7 nitrogen and oxygen atoms in total. The second-order valence-electron chi connectivity index (χ2n) is 5.70. The molecule has 0 aromatic carbocycles. The summed E-state index contributed by atoms with van der Waals surface area (Å²) in [5.41, 5.74) is 7.19. The molecule has 4 heterocycles. The number of hydrogen-bond acceptors (Lipinski definition) is 6. The lowest BCUT2D eigenvalue weighted by molar-refractivity contribution is 0.0747. The van der Waals surface area contributed by atoms with Gasteiger partial charge in [-0.3, -0.25) is 4.79 Å². The number of carbonyl (C=O) groups is 1. The first-order chi connectivity index (χ1) is 11.1. The number of hydrogen-bond donors (Lipinski definition) is 1. The Morgan fingerprint density at radius 1 is 1.43 bits per heavy atom. The van der Waals surface area contributed by atoms with Gasteiger partial charge in [0.25, 0.3) is 5.91 Å². The van der Waals surface area contributed by atoms with Gasteiger partial charge in [0.05, 0.1) is 0 Å². The summed E-state index contributed by atoms with van der Waals surface area (Å²) in [5, 5.41) is 6.97. The van der Waals surface area contributed by atoms with Crippen LogP contribution in [0.3, 0.4) is 0 Å². The third-order valence-corrected chi connectivity index (χ3v) is 4.92. The molecule has 3 aromatic rings. The van der Waals surface area contributed by atoms with Gasteiger partial charge in [0.1, 0.15) is 5.82 Å². The van der Waals surface area contributed by atoms with Crippen LogP contribution in [0.1, 0.15) is 30.1 Å². The maximum atomic E-state index is 12.7. The fourth-order valence-electron chi connectivity index (χ4n) is 2.96. The van der Waals surface area contributed by atoms with Crippen LogP contribution < -0.4 is 5.73 Å². The highest BCUT2D eigenvalue weighted by atomic mass is 32.1. The van der Waals surface area contributed by atoms with Crippen molar-refractivity contribution in [3.05, 3.63) is 29.3 Å². The molecule has 0 spiro atoms. The minimum atomic E-state index is 0.00278. The van der Waals surface area contributed by atoms with Crippen LogP contribution in [0.15, 0.2) is 23.7 Å². The molecule has 0 saturated carbocycles. The average molecular weight is 328 g/mol. The summed E-state index contributed by atoms with van der Waals surface area (Å²) in [5.74, 6) is 0.918. The Morgan fingerprint density at radius 2 is 2.30 bits per heavy atom. The van der Waals surface area contributed by atoms with Gasteiger partial charge in [0.2, 0.25) is 5.82 Å². The summed E-state index contributed by atoms with van der Waals surface area (Å²) < 4.78 is 1.54. The van der Waals surface area contributed by atoms with Gasteiger partial charge in [-0.2, -0.15) is 4.52 Å². The molecule has 1 aliphatic heterocycles. The molecule has 118 valence electrons. The molecule has 2 N–H and O–H groups in total. The van der Waals surface area contributed by atoms with Gasteiger partial charge in [-0.15, -0.1) is 16.4 Å². The van der Waals surface area contributed by atoms with E-state index in [1.54, 1.807) is 22.8 Å². The van der Waals surface area contributed by atoms with E-state index >= 15 is 0 Å². The number of nitrogens with zero attached hydrogens (tertiary/aromatic N) is 5. The van der Waals surface area contributed by atoms with Crippen LogP contribution in [0.4, 0.5) is 5.82 Å². The van der Waals surface area contributed by atoms with E-state index in [4.69, 9.17) is 5.73 Å². The highest BCUT2D eigenvalue weighted by molar-refractivity contribution is 7.13. The Morgan fingerprint density at radius 3 is 3.00 bits per heavy atom. The van der Waals surface area contributed by atoms with Gasteiger partial charge in [0, 0.05) is 29.7 Å². The first-order valence-corrected chi connectivity index (χ1v) is 8.38. The minimum Gasteiger partial charge on any atom is -0.384 e. The van der Waals surface area contributed by atoms with E-state index in [-0.39, 0.29) is 11.9 Å². The van der Waals surface area contributed by atoms with E-state index in [0.29, 0.717) is 22.9 Å². The Hall–Kier alpha value is -2.48. The Bertz CT molecular complexity index is 872. The molecule has 1 unspecified atom stereocenters. The molecule has 3 aromatic heterocycles. The van der Waals surface area contributed by atoms with Crippen LogP contribution >= 0.6 is 11.3 Å². The van der Waals surface area contributed by atoms with Gasteiger partial charge in [-0.1, -0.05) is 0 Å². The predicted molar refractivity (Wildman–Crippen MR) is 88.2 cm³/mol. The summed E-state index contributed by atoms with van der Waals surface area (Å²) in [6, 6.07) is 3.68. The third kappa shape index (κ3) is 2.35.